The molecule has 118 valence electrons. The Hall–Kier alpha value is -3.04. The van der Waals surface area contributed by atoms with E-state index in [0.29, 0.717) is 5.01 Å². The predicted octanol–water partition coefficient (Wildman–Crippen LogP) is 2.85. The Labute approximate surface area is 142 Å². The smallest absolute Gasteiger partial charge is 0.250 e. The number of nitrogens with zero attached hydrogens (tertiary/aromatic N) is 3. The molecular formula is C18H13N3O2S. The van der Waals surface area contributed by atoms with Crippen molar-refractivity contribution in [3.63, 3.8) is 0 Å². The first-order chi connectivity index (χ1) is 11.7. The maximum absolute atomic E-state index is 12.4. The van der Waals surface area contributed by atoms with Crippen LogP contribution in [-0.2, 0) is 11.3 Å². The minimum Gasteiger partial charge on any atom is -0.308 e. The topological polar surface area (TPSA) is 75.8 Å². The van der Waals surface area contributed by atoms with Gasteiger partial charge in [-0.25, -0.2) is 4.98 Å². The lowest BCUT2D eigenvalue weighted by Gasteiger charge is -2.07. The van der Waals surface area contributed by atoms with Crippen LogP contribution in [-0.4, -0.2) is 15.3 Å². The van der Waals surface area contributed by atoms with Crippen LogP contribution in [0.3, 0.4) is 0 Å². The SMILES string of the molecule is N#C[C@@H](C(=O)Cn1ccccc1=O)c1nc(-c2ccccc2)cs1. The summed E-state index contributed by atoms with van der Waals surface area (Å²) in [6.45, 7) is -0.141. The number of carbonyl (C=O) groups excluding carboxylic acids is 1. The van der Waals surface area contributed by atoms with Gasteiger partial charge < -0.3 is 4.57 Å². The Bertz CT molecular complexity index is 954. The summed E-state index contributed by atoms with van der Waals surface area (Å²) in [6.07, 6.45) is 1.53. The average molecular weight is 335 g/mol. The molecule has 0 spiro atoms. The molecular weight excluding hydrogens is 322 g/mol. The van der Waals surface area contributed by atoms with E-state index in [9.17, 15) is 14.9 Å². The van der Waals surface area contributed by atoms with Gasteiger partial charge >= 0.3 is 0 Å². The van der Waals surface area contributed by atoms with Crippen molar-refractivity contribution in [2.45, 2.75) is 12.5 Å². The maximum Gasteiger partial charge on any atom is 0.250 e. The summed E-state index contributed by atoms with van der Waals surface area (Å²) in [4.78, 5) is 28.6. The van der Waals surface area contributed by atoms with E-state index < -0.39 is 5.92 Å². The average Bonchev–Trinajstić information content (AvgIpc) is 3.08. The van der Waals surface area contributed by atoms with Gasteiger partial charge in [0.1, 0.15) is 5.01 Å². The van der Waals surface area contributed by atoms with E-state index in [1.807, 2.05) is 41.8 Å². The zero-order valence-electron chi connectivity index (χ0n) is 12.6. The van der Waals surface area contributed by atoms with E-state index >= 15 is 0 Å². The number of hydrogen-bond donors (Lipinski definition) is 0. The number of aromatic nitrogens is 2. The van der Waals surface area contributed by atoms with E-state index in [2.05, 4.69) is 4.98 Å². The van der Waals surface area contributed by atoms with Crippen LogP contribution in [0, 0.1) is 11.3 Å². The van der Waals surface area contributed by atoms with E-state index in [1.165, 1.54) is 28.2 Å². The van der Waals surface area contributed by atoms with Crippen LogP contribution in [0.2, 0.25) is 0 Å². The summed E-state index contributed by atoms with van der Waals surface area (Å²) in [5.74, 6) is -1.32. The van der Waals surface area contributed by atoms with Crippen molar-refractivity contribution in [2.75, 3.05) is 0 Å². The molecule has 0 amide bonds. The van der Waals surface area contributed by atoms with Gasteiger partial charge in [0.05, 0.1) is 18.3 Å². The summed E-state index contributed by atoms with van der Waals surface area (Å²) in [5, 5.41) is 11.7. The van der Waals surface area contributed by atoms with Crippen LogP contribution in [0.1, 0.15) is 10.9 Å². The monoisotopic (exact) mass is 335 g/mol. The molecule has 1 atom stereocenters. The second-order valence-corrected chi connectivity index (χ2v) is 6.02. The van der Waals surface area contributed by atoms with Crippen LogP contribution < -0.4 is 5.56 Å². The van der Waals surface area contributed by atoms with Crippen LogP contribution in [0.4, 0.5) is 0 Å². The van der Waals surface area contributed by atoms with Gasteiger partial charge in [-0.1, -0.05) is 36.4 Å². The molecule has 24 heavy (non-hydrogen) atoms. The zero-order valence-corrected chi connectivity index (χ0v) is 13.4. The summed E-state index contributed by atoms with van der Waals surface area (Å²) >= 11 is 1.28. The van der Waals surface area contributed by atoms with E-state index in [0.717, 1.165) is 11.3 Å². The fraction of sp³-hybridized carbons (Fsp3) is 0.111. The molecule has 0 bridgehead atoms. The van der Waals surface area contributed by atoms with Gasteiger partial charge in [-0.15, -0.1) is 11.3 Å². The van der Waals surface area contributed by atoms with Gasteiger partial charge in [-0.3, -0.25) is 9.59 Å². The number of Topliss-reactive ketones (excluding diaryl/α,β-unsaturated/α-hetero) is 1. The van der Waals surface area contributed by atoms with Gasteiger partial charge in [0.25, 0.3) is 5.56 Å². The third-order valence-electron chi connectivity index (χ3n) is 3.51. The minimum atomic E-state index is -0.973. The van der Waals surface area contributed by atoms with Crippen molar-refractivity contribution in [2.24, 2.45) is 0 Å². The molecule has 0 aliphatic rings. The highest BCUT2D eigenvalue weighted by Crippen LogP contribution is 2.27. The quantitative estimate of drug-likeness (QED) is 0.718. The highest BCUT2D eigenvalue weighted by Gasteiger charge is 2.24. The van der Waals surface area contributed by atoms with Crippen molar-refractivity contribution < 1.29 is 4.79 Å². The Morgan fingerprint density at radius 2 is 1.96 bits per heavy atom. The first-order valence-electron chi connectivity index (χ1n) is 7.27. The molecule has 0 fully saturated rings. The molecule has 1 aromatic carbocycles. The molecule has 0 saturated heterocycles. The van der Waals surface area contributed by atoms with Crippen molar-refractivity contribution in [1.82, 2.24) is 9.55 Å². The summed E-state index contributed by atoms with van der Waals surface area (Å²) < 4.78 is 1.29. The molecule has 3 aromatic rings. The fourth-order valence-corrected chi connectivity index (χ4v) is 3.17. The standard InChI is InChI=1S/C18H13N3O2S/c19-10-14(16(22)11-21-9-5-4-8-17(21)23)18-20-15(12-24-18)13-6-2-1-3-7-13/h1-9,12,14H,11H2/t14-/m0/s1. The van der Waals surface area contributed by atoms with Crippen molar-refractivity contribution in [1.29, 1.82) is 5.26 Å². The van der Waals surface area contributed by atoms with E-state index in [-0.39, 0.29) is 17.9 Å². The zero-order chi connectivity index (χ0) is 16.9. The van der Waals surface area contributed by atoms with Crippen molar-refractivity contribution >= 4 is 17.1 Å². The molecule has 5 nitrogen and oxygen atoms in total. The Balaban J connectivity index is 1.83. The van der Waals surface area contributed by atoms with E-state index in [4.69, 9.17) is 0 Å². The third kappa shape index (κ3) is 3.31. The number of pyridine rings is 1. The molecule has 0 aliphatic carbocycles. The first-order valence-corrected chi connectivity index (χ1v) is 8.15. The normalized spacial score (nSPS) is 11.6. The number of nitriles is 1. The highest BCUT2D eigenvalue weighted by atomic mass is 32.1. The maximum atomic E-state index is 12.4. The summed E-state index contributed by atoms with van der Waals surface area (Å²) in [6, 6.07) is 16.2. The van der Waals surface area contributed by atoms with Gasteiger partial charge in [0.15, 0.2) is 11.7 Å². The fourth-order valence-electron chi connectivity index (χ4n) is 2.28. The molecule has 0 aliphatic heterocycles. The Kier molecular flexibility index (Phi) is 4.64. The largest absolute Gasteiger partial charge is 0.308 e. The van der Waals surface area contributed by atoms with Crippen LogP contribution in [0.15, 0.2) is 64.9 Å². The van der Waals surface area contributed by atoms with Gasteiger partial charge in [-0.2, -0.15) is 5.26 Å². The highest BCUT2D eigenvalue weighted by molar-refractivity contribution is 7.10. The predicted molar refractivity (Wildman–Crippen MR) is 91.6 cm³/mol. The molecule has 2 aromatic heterocycles. The lowest BCUT2D eigenvalue weighted by Crippen LogP contribution is -2.25. The van der Waals surface area contributed by atoms with Crippen molar-refractivity contribution in [3.05, 3.63) is 75.5 Å². The van der Waals surface area contributed by atoms with Crippen LogP contribution >= 0.6 is 11.3 Å². The first kappa shape index (κ1) is 15.8. The van der Waals surface area contributed by atoms with Gasteiger partial charge in [-0.05, 0) is 6.07 Å². The van der Waals surface area contributed by atoms with Crippen LogP contribution in [0.25, 0.3) is 11.3 Å². The Morgan fingerprint density at radius 1 is 1.21 bits per heavy atom. The third-order valence-corrected chi connectivity index (χ3v) is 4.42. The summed E-state index contributed by atoms with van der Waals surface area (Å²) in [5.41, 5.74) is 1.40. The molecule has 0 saturated carbocycles. The number of hydrogen-bond acceptors (Lipinski definition) is 5. The molecule has 6 heteroatoms. The molecule has 0 unspecified atom stereocenters. The molecule has 0 N–H and O–H groups in total. The molecule has 2 heterocycles. The number of thiazole rings is 1. The Morgan fingerprint density at radius 3 is 2.67 bits per heavy atom. The summed E-state index contributed by atoms with van der Waals surface area (Å²) in [7, 11) is 0. The molecule has 0 radical (unpaired) electrons. The number of ketones is 1. The van der Waals surface area contributed by atoms with Gasteiger partial charge in [0, 0.05) is 23.2 Å². The van der Waals surface area contributed by atoms with Crippen LogP contribution in [0.5, 0.6) is 0 Å². The molecule has 3 rings (SSSR count). The number of carbonyl (C=O) groups is 1. The second kappa shape index (κ2) is 7.02. The lowest BCUT2D eigenvalue weighted by atomic mass is 10.1. The van der Waals surface area contributed by atoms with Gasteiger partial charge in [0.2, 0.25) is 0 Å². The van der Waals surface area contributed by atoms with E-state index in [1.54, 1.807) is 12.1 Å². The number of rotatable bonds is 5. The van der Waals surface area contributed by atoms with Crippen molar-refractivity contribution in [3.8, 4) is 17.3 Å². The minimum absolute atomic E-state index is 0.141. The second-order valence-electron chi connectivity index (χ2n) is 5.13. The number of benzene rings is 1. The lowest BCUT2D eigenvalue weighted by molar-refractivity contribution is -0.120.